The van der Waals surface area contributed by atoms with Crippen molar-refractivity contribution in [3.63, 3.8) is 0 Å². The Balaban J connectivity index is 2.76. The molecule has 1 aliphatic heterocycles. The Labute approximate surface area is 119 Å². The Morgan fingerprint density at radius 1 is 1.15 bits per heavy atom. The average molecular weight is 318 g/mol. The van der Waals surface area contributed by atoms with Crippen LogP contribution in [0.1, 0.15) is 13.8 Å². The molecule has 1 aliphatic rings. The standard InChI is InChI=1S/C11H19F3NO4S/c1-4(2)5(15)9-7(17)6(16)8(18)10(19-9)20-3-11(12,13)14/h4-10,15-18H,3H2,1-2H3/q-1. The SMILES string of the molecule is CC(C)C([NH-])C1OC(SCC(F)(F)F)C(O)C(O)C1O. The summed E-state index contributed by atoms with van der Waals surface area (Å²) in [6, 6.07) is -0.916. The maximum Gasteiger partial charge on any atom is 0.397 e. The molecule has 0 aliphatic carbocycles. The lowest BCUT2D eigenvalue weighted by molar-refractivity contribution is -0.202. The predicted octanol–water partition coefficient (Wildman–Crippen LogP) is 1.17. The van der Waals surface area contributed by atoms with Crippen LogP contribution >= 0.6 is 11.8 Å². The third-order valence-electron chi connectivity index (χ3n) is 3.09. The van der Waals surface area contributed by atoms with E-state index in [2.05, 4.69) is 0 Å². The van der Waals surface area contributed by atoms with Crippen LogP contribution in [0.25, 0.3) is 5.73 Å². The summed E-state index contributed by atoms with van der Waals surface area (Å²) in [4.78, 5) is 0. The fourth-order valence-corrected chi connectivity index (χ4v) is 2.78. The first-order valence-corrected chi connectivity index (χ1v) is 7.18. The van der Waals surface area contributed by atoms with Gasteiger partial charge in [-0.05, 0) is 0 Å². The van der Waals surface area contributed by atoms with Gasteiger partial charge in [-0.2, -0.15) is 13.2 Å². The van der Waals surface area contributed by atoms with Crippen molar-refractivity contribution in [1.82, 2.24) is 0 Å². The van der Waals surface area contributed by atoms with Crippen LogP contribution in [0.15, 0.2) is 0 Å². The summed E-state index contributed by atoms with van der Waals surface area (Å²) in [5.41, 5.74) is 6.52. The highest BCUT2D eigenvalue weighted by molar-refractivity contribution is 7.99. The monoisotopic (exact) mass is 318 g/mol. The largest absolute Gasteiger partial charge is 0.672 e. The maximum absolute atomic E-state index is 12.2. The van der Waals surface area contributed by atoms with Gasteiger partial charge in [0.05, 0.1) is 11.9 Å². The van der Waals surface area contributed by atoms with Crippen LogP contribution in [0, 0.1) is 5.92 Å². The van der Waals surface area contributed by atoms with Crippen molar-refractivity contribution in [2.75, 3.05) is 5.75 Å². The number of hydrogen-bond donors (Lipinski definition) is 3. The van der Waals surface area contributed by atoms with Gasteiger partial charge in [-0.15, -0.1) is 17.8 Å². The van der Waals surface area contributed by atoms with Gasteiger partial charge < -0.3 is 25.8 Å². The number of halogens is 3. The third-order valence-corrected chi connectivity index (χ3v) is 4.30. The number of thioether (sulfide) groups is 1. The van der Waals surface area contributed by atoms with E-state index in [0.29, 0.717) is 11.8 Å². The van der Waals surface area contributed by atoms with Gasteiger partial charge in [-0.25, -0.2) is 0 Å². The second-order valence-electron chi connectivity index (χ2n) is 5.14. The van der Waals surface area contributed by atoms with Crippen LogP contribution in [-0.4, -0.2) is 63.1 Å². The highest BCUT2D eigenvalue weighted by Crippen LogP contribution is 2.34. The first-order valence-electron chi connectivity index (χ1n) is 6.13. The summed E-state index contributed by atoms with van der Waals surface area (Å²) >= 11 is 0.299. The van der Waals surface area contributed by atoms with Crippen LogP contribution in [0.3, 0.4) is 0 Å². The van der Waals surface area contributed by atoms with Crippen LogP contribution in [-0.2, 0) is 4.74 Å². The fourth-order valence-electron chi connectivity index (χ4n) is 1.86. The number of hydrogen-bond acceptors (Lipinski definition) is 5. The van der Waals surface area contributed by atoms with E-state index in [1.807, 2.05) is 0 Å². The molecule has 0 aromatic rings. The van der Waals surface area contributed by atoms with Crippen molar-refractivity contribution in [2.24, 2.45) is 5.92 Å². The molecule has 1 fully saturated rings. The molecule has 6 unspecified atom stereocenters. The van der Waals surface area contributed by atoms with Gasteiger partial charge in [0.1, 0.15) is 23.7 Å². The smallest absolute Gasteiger partial charge is 0.397 e. The Morgan fingerprint density at radius 2 is 1.70 bits per heavy atom. The second-order valence-corrected chi connectivity index (χ2v) is 6.22. The number of aliphatic hydroxyl groups is 3. The van der Waals surface area contributed by atoms with Crippen LogP contribution in [0.4, 0.5) is 13.2 Å². The van der Waals surface area contributed by atoms with E-state index >= 15 is 0 Å². The maximum atomic E-state index is 12.2. The van der Waals surface area contributed by atoms with Crippen molar-refractivity contribution >= 4 is 11.8 Å². The van der Waals surface area contributed by atoms with Gasteiger partial charge in [-0.1, -0.05) is 19.8 Å². The minimum Gasteiger partial charge on any atom is -0.672 e. The van der Waals surface area contributed by atoms with Gasteiger partial charge in [-0.3, -0.25) is 0 Å². The van der Waals surface area contributed by atoms with Crippen molar-refractivity contribution in [3.8, 4) is 0 Å². The predicted molar refractivity (Wildman–Crippen MR) is 68.1 cm³/mol. The average Bonchev–Trinajstić information content (AvgIpc) is 2.33. The molecule has 1 saturated heterocycles. The molecule has 0 aromatic carbocycles. The van der Waals surface area contributed by atoms with Gasteiger partial charge in [0.2, 0.25) is 0 Å². The third kappa shape index (κ3) is 4.47. The molecular weight excluding hydrogens is 299 g/mol. The molecule has 20 heavy (non-hydrogen) atoms. The number of aliphatic hydroxyl groups excluding tert-OH is 3. The first kappa shape index (κ1) is 18.0. The highest BCUT2D eigenvalue weighted by Gasteiger charge is 2.45. The van der Waals surface area contributed by atoms with E-state index in [-0.39, 0.29) is 5.92 Å². The molecule has 0 amide bonds. The fraction of sp³-hybridized carbons (Fsp3) is 1.00. The van der Waals surface area contributed by atoms with Gasteiger partial charge in [0.15, 0.2) is 0 Å². The zero-order valence-corrected chi connectivity index (χ0v) is 11.9. The number of nitrogens with one attached hydrogen (secondary N) is 1. The first-order chi connectivity index (χ1) is 9.04. The molecule has 0 spiro atoms. The molecule has 9 heteroatoms. The summed E-state index contributed by atoms with van der Waals surface area (Å²) in [7, 11) is 0. The van der Waals surface area contributed by atoms with Crippen LogP contribution < -0.4 is 0 Å². The number of rotatable bonds is 4. The molecule has 120 valence electrons. The lowest BCUT2D eigenvalue weighted by atomic mass is 9.90. The lowest BCUT2D eigenvalue weighted by Gasteiger charge is -2.46. The minimum absolute atomic E-state index is 0.217. The number of alkyl halides is 3. The summed E-state index contributed by atoms with van der Waals surface area (Å²) in [6.07, 6.45) is -10.3. The highest BCUT2D eigenvalue weighted by atomic mass is 32.2. The Bertz CT molecular complexity index is 319. The van der Waals surface area contributed by atoms with E-state index in [9.17, 15) is 28.5 Å². The van der Waals surface area contributed by atoms with Crippen molar-refractivity contribution in [1.29, 1.82) is 0 Å². The molecule has 0 bridgehead atoms. The van der Waals surface area contributed by atoms with Gasteiger partial charge >= 0.3 is 6.18 Å². The van der Waals surface area contributed by atoms with Crippen molar-refractivity contribution < 1.29 is 33.2 Å². The van der Waals surface area contributed by atoms with Gasteiger partial charge in [0, 0.05) is 0 Å². The molecule has 0 saturated carbocycles. The summed E-state index contributed by atoms with van der Waals surface area (Å²) in [5.74, 6) is -1.46. The van der Waals surface area contributed by atoms with E-state index in [1.165, 1.54) is 0 Å². The normalized spacial score (nSPS) is 37.2. The Hall–Kier alpha value is -0.0600. The zero-order chi connectivity index (χ0) is 15.7. The molecule has 1 rings (SSSR count). The topological polar surface area (TPSA) is 93.7 Å². The van der Waals surface area contributed by atoms with E-state index in [0.717, 1.165) is 0 Å². The summed E-state index contributed by atoms with van der Waals surface area (Å²) in [5, 5.41) is 29.1. The number of ether oxygens (including phenoxy) is 1. The minimum atomic E-state index is -4.43. The van der Waals surface area contributed by atoms with E-state index in [4.69, 9.17) is 10.5 Å². The van der Waals surface area contributed by atoms with E-state index in [1.54, 1.807) is 13.8 Å². The molecule has 4 N–H and O–H groups in total. The van der Waals surface area contributed by atoms with Crippen molar-refractivity contribution in [3.05, 3.63) is 5.73 Å². The second kappa shape index (κ2) is 6.80. The summed E-state index contributed by atoms with van der Waals surface area (Å²) < 4.78 is 41.8. The molecule has 0 aromatic heterocycles. The zero-order valence-electron chi connectivity index (χ0n) is 11.0. The van der Waals surface area contributed by atoms with Crippen LogP contribution in [0.2, 0.25) is 0 Å². The van der Waals surface area contributed by atoms with Gasteiger partial charge in [0.25, 0.3) is 0 Å². The quantitative estimate of drug-likeness (QED) is 0.723. The van der Waals surface area contributed by atoms with Crippen molar-refractivity contribution in [2.45, 2.75) is 55.9 Å². The Kier molecular flexibility index (Phi) is 6.12. The molecule has 0 radical (unpaired) electrons. The Morgan fingerprint density at radius 3 is 2.15 bits per heavy atom. The van der Waals surface area contributed by atoms with E-state index < -0.39 is 47.8 Å². The lowest BCUT2D eigenvalue weighted by Crippen LogP contribution is -2.60. The molecule has 1 heterocycles. The molecule has 6 atom stereocenters. The molecule has 5 nitrogen and oxygen atoms in total. The summed E-state index contributed by atoms with van der Waals surface area (Å²) in [6.45, 7) is 3.39. The van der Waals surface area contributed by atoms with Crippen LogP contribution in [0.5, 0.6) is 0 Å². The molecular formula is C11H19F3NO4S-.